The lowest BCUT2D eigenvalue weighted by Gasteiger charge is -2.23. The van der Waals surface area contributed by atoms with Crippen molar-refractivity contribution in [2.24, 2.45) is 11.8 Å². The van der Waals surface area contributed by atoms with Gasteiger partial charge >= 0.3 is 5.97 Å². The first kappa shape index (κ1) is 32.8. The maximum Gasteiger partial charge on any atom is 0.325 e. The molecule has 39 heavy (non-hydrogen) atoms. The molecule has 0 radical (unpaired) electrons. The zero-order valence-corrected chi connectivity index (χ0v) is 22.4. The van der Waals surface area contributed by atoms with Gasteiger partial charge in [0.1, 0.15) is 6.54 Å². The number of aliphatic hydroxyl groups is 3. The summed E-state index contributed by atoms with van der Waals surface area (Å²) in [5.41, 5.74) is 1.19. The minimum atomic E-state index is -0.594. The van der Waals surface area contributed by atoms with E-state index >= 15 is 0 Å². The maximum absolute atomic E-state index is 11.9. The Bertz CT molecular complexity index is 853. The first-order valence-corrected chi connectivity index (χ1v) is 13.7. The van der Waals surface area contributed by atoms with Crippen LogP contribution in [0, 0.1) is 11.8 Å². The second-order valence-electron chi connectivity index (χ2n) is 9.99. The Hall–Kier alpha value is -2.38. The van der Waals surface area contributed by atoms with Crippen molar-refractivity contribution >= 4 is 11.9 Å². The SMILES string of the molecule is O=C(CCC/C=C\C[C@@H]1[C@@H](CC[C@@H](O)CCc2ccccc2)[C@H](O)C[C@@H]1O)NCC(=O)OCCCON(O)O. The van der Waals surface area contributed by atoms with Crippen molar-refractivity contribution in [1.29, 1.82) is 0 Å². The molecule has 1 aromatic rings. The van der Waals surface area contributed by atoms with Crippen LogP contribution in [0.25, 0.3) is 0 Å². The number of allylic oxidation sites excluding steroid dienone is 2. The van der Waals surface area contributed by atoms with Gasteiger partial charge in [0.2, 0.25) is 5.91 Å². The number of rotatable bonds is 19. The zero-order chi connectivity index (χ0) is 28.5. The number of carbonyl (C=O) groups excluding carboxylic acids is 2. The molecule has 0 spiro atoms. The van der Waals surface area contributed by atoms with E-state index in [-0.39, 0.29) is 50.3 Å². The summed E-state index contributed by atoms with van der Waals surface area (Å²) >= 11 is 0. The molecule has 1 amide bonds. The first-order valence-electron chi connectivity index (χ1n) is 13.7. The van der Waals surface area contributed by atoms with E-state index in [4.69, 9.17) is 15.2 Å². The minimum absolute atomic E-state index is 0.0236. The van der Waals surface area contributed by atoms with Crippen molar-refractivity contribution in [3.05, 3.63) is 48.0 Å². The van der Waals surface area contributed by atoms with Gasteiger partial charge in [-0.1, -0.05) is 42.5 Å². The summed E-state index contributed by atoms with van der Waals surface area (Å²) in [5, 5.41) is 50.2. The molecule has 0 saturated heterocycles. The Balaban J connectivity index is 1.58. The van der Waals surface area contributed by atoms with Crippen molar-refractivity contribution in [3.63, 3.8) is 0 Å². The molecule has 0 heterocycles. The highest BCUT2D eigenvalue weighted by molar-refractivity contribution is 5.81. The molecule has 6 N–H and O–H groups in total. The van der Waals surface area contributed by atoms with E-state index < -0.39 is 29.7 Å². The minimum Gasteiger partial charge on any atom is -0.464 e. The Kier molecular flexibility index (Phi) is 15.8. The van der Waals surface area contributed by atoms with Crippen molar-refractivity contribution in [2.75, 3.05) is 19.8 Å². The topological polar surface area (TPSA) is 169 Å². The summed E-state index contributed by atoms with van der Waals surface area (Å²) in [4.78, 5) is 27.8. The van der Waals surface area contributed by atoms with Gasteiger partial charge in [-0.05, 0) is 68.8 Å². The monoisotopic (exact) mass is 552 g/mol. The molecule has 220 valence electrons. The molecular weight excluding hydrogens is 508 g/mol. The molecule has 11 nitrogen and oxygen atoms in total. The van der Waals surface area contributed by atoms with Gasteiger partial charge in [0.25, 0.3) is 0 Å². The standard InChI is InChI=1S/C28H44N2O9/c31-22(14-13-21-9-4-3-5-10-21)15-16-24-23(25(32)19-26(24)33)11-6-1-2-7-12-27(34)29-20-28(35)38-17-8-18-39-30(36)37/h1,3-6,9-10,22-26,31-33,36-37H,2,7-8,11-20H2,(H,29,34)/b6-1-/t22-,23+,24+,25-,26+/m0/s1. The van der Waals surface area contributed by atoms with Gasteiger partial charge in [-0.25, -0.2) is 0 Å². The summed E-state index contributed by atoms with van der Waals surface area (Å²) in [5.74, 6) is -0.985. The Morgan fingerprint density at radius 2 is 1.77 bits per heavy atom. The molecule has 0 bridgehead atoms. The number of aryl methyl sites for hydroxylation is 1. The van der Waals surface area contributed by atoms with Gasteiger partial charge < -0.3 is 25.4 Å². The molecular formula is C28H44N2O9. The highest BCUT2D eigenvalue weighted by Crippen LogP contribution is 2.38. The lowest BCUT2D eigenvalue weighted by atomic mass is 9.85. The molecule has 1 aliphatic rings. The van der Waals surface area contributed by atoms with Crippen molar-refractivity contribution in [3.8, 4) is 0 Å². The number of benzene rings is 1. The number of ether oxygens (including phenoxy) is 1. The number of carbonyl (C=O) groups is 2. The molecule has 1 fully saturated rings. The smallest absolute Gasteiger partial charge is 0.325 e. The van der Waals surface area contributed by atoms with E-state index in [9.17, 15) is 24.9 Å². The predicted octanol–water partition coefficient (Wildman–Crippen LogP) is 2.30. The number of hydrogen-bond donors (Lipinski definition) is 6. The zero-order valence-electron chi connectivity index (χ0n) is 22.4. The molecule has 1 aromatic carbocycles. The largest absolute Gasteiger partial charge is 0.464 e. The van der Waals surface area contributed by atoms with Crippen LogP contribution >= 0.6 is 0 Å². The lowest BCUT2D eigenvalue weighted by molar-refractivity contribution is -0.492. The highest BCUT2D eigenvalue weighted by atomic mass is 17.1. The van der Waals surface area contributed by atoms with Gasteiger partial charge in [0, 0.05) is 12.8 Å². The van der Waals surface area contributed by atoms with Gasteiger partial charge in [0.05, 0.1) is 36.9 Å². The van der Waals surface area contributed by atoms with Crippen LogP contribution in [0.1, 0.15) is 63.4 Å². The Morgan fingerprint density at radius 3 is 2.51 bits per heavy atom. The third-order valence-electron chi connectivity index (χ3n) is 7.00. The Morgan fingerprint density at radius 1 is 1.03 bits per heavy atom. The molecule has 0 aromatic heterocycles. The average Bonchev–Trinajstić information content (AvgIpc) is 3.18. The quantitative estimate of drug-likeness (QED) is 0.0648. The Labute approximate surface area is 229 Å². The number of amides is 1. The number of unbranched alkanes of at least 4 members (excludes halogenated alkanes) is 1. The van der Waals surface area contributed by atoms with Crippen LogP contribution in [0.2, 0.25) is 0 Å². The fourth-order valence-electron chi connectivity index (χ4n) is 4.87. The van der Waals surface area contributed by atoms with E-state index in [1.165, 1.54) is 5.56 Å². The van der Waals surface area contributed by atoms with Crippen LogP contribution in [0.5, 0.6) is 0 Å². The average molecular weight is 553 g/mol. The van der Waals surface area contributed by atoms with Crippen LogP contribution in [-0.2, 0) is 25.6 Å². The third-order valence-corrected chi connectivity index (χ3v) is 7.00. The summed E-state index contributed by atoms with van der Waals surface area (Å²) in [6.45, 7) is -0.263. The summed E-state index contributed by atoms with van der Waals surface area (Å²) in [6.07, 6.45) is 7.83. The predicted molar refractivity (Wildman–Crippen MR) is 141 cm³/mol. The summed E-state index contributed by atoms with van der Waals surface area (Å²) in [7, 11) is 0. The summed E-state index contributed by atoms with van der Waals surface area (Å²) in [6, 6.07) is 10.0. The number of aliphatic hydroxyl groups excluding tert-OH is 3. The van der Waals surface area contributed by atoms with E-state index in [1.807, 2.05) is 42.5 Å². The van der Waals surface area contributed by atoms with E-state index in [2.05, 4.69) is 10.2 Å². The fourth-order valence-corrected chi connectivity index (χ4v) is 4.87. The highest BCUT2D eigenvalue weighted by Gasteiger charge is 2.40. The van der Waals surface area contributed by atoms with Gasteiger partial charge in [-0.3, -0.25) is 24.8 Å². The lowest BCUT2D eigenvalue weighted by Crippen LogP contribution is -2.30. The molecule has 1 aliphatic carbocycles. The van der Waals surface area contributed by atoms with E-state index in [1.54, 1.807) is 0 Å². The first-order chi connectivity index (χ1) is 18.8. The maximum atomic E-state index is 11.9. The second kappa shape index (κ2) is 18.8. The van der Waals surface area contributed by atoms with Crippen LogP contribution in [0.3, 0.4) is 0 Å². The van der Waals surface area contributed by atoms with Gasteiger partial charge in [0.15, 0.2) is 0 Å². The molecule has 2 rings (SSSR count). The molecule has 5 atom stereocenters. The second-order valence-corrected chi connectivity index (χ2v) is 9.99. The molecule has 1 saturated carbocycles. The van der Waals surface area contributed by atoms with Crippen molar-refractivity contribution in [2.45, 2.75) is 82.5 Å². The number of nitrogens with zero attached hydrogens (tertiary/aromatic N) is 1. The number of hydrogen-bond acceptors (Lipinski definition) is 10. The number of esters is 1. The van der Waals surface area contributed by atoms with Gasteiger partial charge in [-0.2, -0.15) is 0 Å². The third kappa shape index (κ3) is 14.0. The normalized spacial score (nSPS) is 21.9. The number of nitrogens with one attached hydrogen (secondary N) is 1. The van der Waals surface area contributed by atoms with Crippen LogP contribution in [0.4, 0.5) is 0 Å². The van der Waals surface area contributed by atoms with Crippen LogP contribution < -0.4 is 5.32 Å². The van der Waals surface area contributed by atoms with E-state index in [0.717, 1.165) is 6.42 Å². The molecule has 11 heteroatoms. The van der Waals surface area contributed by atoms with Gasteiger partial charge in [-0.15, -0.1) is 0 Å². The fraction of sp³-hybridized carbons (Fsp3) is 0.643. The van der Waals surface area contributed by atoms with Crippen molar-refractivity contribution in [1.82, 2.24) is 10.7 Å². The van der Waals surface area contributed by atoms with Crippen LogP contribution in [-0.4, -0.2) is 81.1 Å². The van der Waals surface area contributed by atoms with Crippen LogP contribution in [0.15, 0.2) is 42.5 Å². The van der Waals surface area contributed by atoms with Crippen molar-refractivity contribution < 1.29 is 44.9 Å². The molecule has 0 aliphatic heterocycles. The van der Waals surface area contributed by atoms with E-state index in [0.29, 0.717) is 44.9 Å². The molecule has 0 unspecified atom stereocenters. The summed E-state index contributed by atoms with van der Waals surface area (Å²) < 4.78 is 4.89.